The number of hydrogen-bond acceptors (Lipinski definition) is 4. The minimum atomic E-state index is 0.115. The van der Waals surface area contributed by atoms with Crippen LogP contribution < -0.4 is 11.1 Å². The van der Waals surface area contributed by atoms with Gasteiger partial charge in [0.25, 0.3) is 0 Å². The SMILES string of the molecule is Cc1nc(C)c(CNC(=O)[C@@H]2CCC[C@@H]2CN)s1. The van der Waals surface area contributed by atoms with Crippen molar-refractivity contribution in [3.05, 3.63) is 15.6 Å². The molecule has 0 saturated heterocycles. The lowest BCUT2D eigenvalue weighted by Gasteiger charge is -2.17. The van der Waals surface area contributed by atoms with Crippen LogP contribution in [0.1, 0.15) is 34.8 Å². The van der Waals surface area contributed by atoms with Gasteiger partial charge >= 0.3 is 0 Å². The summed E-state index contributed by atoms with van der Waals surface area (Å²) in [5, 5.41) is 4.09. The maximum atomic E-state index is 12.1. The Morgan fingerprint density at radius 2 is 2.28 bits per heavy atom. The number of thiazole rings is 1. The predicted molar refractivity (Wildman–Crippen MR) is 73.3 cm³/mol. The summed E-state index contributed by atoms with van der Waals surface area (Å²) in [7, 11) is 0. The zero-order valence-corrected chi connectivity index (χ0v) is 11.8. The summed E-state index contributed by atoms with van der Waals surface area (Å²) in [6.45, 7) is 5.20. The normalized spacial score (nSPS) is 23.3. The van der Waals surface area contributed by atoms with Gasteiger partial charge in [-0.05, 0) is 39.2 Å². The van der Waals surface area contributed by atoms with Crippen LogP contribution in [0.25, 0.3) is 0 Å². The molecule has 1 aliphatic carbocycles. The van der Waals surface area contributed by atoms with Crippen LogP contribution >= 0.6 is 11.3 Å². The van der Waals surface area contributed by atoms with Crippen LogP contribution in [0.5, 0.6) is 0 Å². The van der Waals surface area contributed by atoms with E-state index in [2.05, 4.69) is 10.3 Å². The van der Waals surface area contributed by atoms with Crippen molar-refractivity contribution < 1.29 is 4.79 Å². The van der Waals surface area contributed by atoms with Gasteiger partial charge in [0.05, 0.1) is 17.2 Å². The van der Waals surface area contributed by atoms with E-state index in [1.54, 1.807) is 11.3 Å². The minimum Gasteiger partial charge on any atom is -0.351 e. The highest BCUT2D eigenvalue weighted by Crippen LogP contribution is 2.31. The van der Waals surface area contributed by atoms with E-state index in [9.17, 15) is 4.79 Å². The standard InChI is InChI=1S/C13H21N3OS/c1-8-12(18-9(2)16-8)7-15-13(17)11-5-3-4-10(11)6-14/h10-11H,3-7,14H2,1-2H3,(H,15,17)/t10-,11-/m1/s1. The molecule has 4 nitrogen and oxygen atoms in total. The Hall–Kier alpha value is -0.940. The lowest BCUT2D eigenvalue weighted by molar-refractivity contribution is -0.126. The van der Waals surface area contributed by atoms with Gasteiger partial charge in [0.2, 0.25) is 5.91 Å². The van der Waals surface area contributed by atoms with E-state index in [4.69, 9.17) is 5.73 Å². The number of nitrogens with one attached hydrogen (secondary N) is 1. The van der Waals surface area contributed by atoms with E-state index in [1.165, 1.54) is 0 Å². The molecule has 5 heteroatoms. The second-order valence-corrected chi connectivity index (χ2v) is 6.28. The summed E-state index contributed by atoms with van der Waals surface area (Å²) in [5.41, 5.74) is 6.74. The highest BCUT2D eigenvalue weighted by molar-refractivity contribution is 7.11. The van der Waals surface area contributed by atoms with E-state index < -0.39 is 0 Å². The Bertz CT molecular complexity index is 430. The van der Waals surface area contributed by atoms with Crippen molar-refractivity contribution in [3.8, 4) is 0 Å². The first-order valence-electron chi connectivity index (χ1n) is 6.52. The number of hydrogen-bond donors (Lipinski definition) is 2. The monoisotopic (exact) mass is 267 g/mol. The van der Waals surface area contributed by atoms with Gasteiger partial charge in [0.15, 0.2) is 0 Å². The second kappa shape index (κ2) is 5.80. The third-order valence-corrected chi connectivity index (χ3v) is 4.79. The largest absolute Gasteiger partial charge is 0.351 e. The van der Waals surface area contributed by atoms with Gasteiger partial charge in [-0.3, -0.25) is 4.79 Å². The molecule has 0 bridgehead atoms. The Balaban J connectivity index is 1.90. The van der Waals surface area contributed by atoms with Gasteiger partial charge in [-0.1, -0.05) is 6.42 Å². The van der Waals surface area contributed by atoms with Crippen molar-refractivity contribution in [2.24, 2.45) is 17.6 Å². The molecule has 1 heterocycles. The zero-order valence-electron chi connectivity index (χ0n) is 11.0. The molecular weight excluding hydrogens is 246 g/mol. The molecule has 1 aromatic rings. The van der Waals surface area contributed by atoms with E-state index in [0.717, 1.165) is 34.8 Å². The molecule has 0 aliphatic heterocycles. The van der Waals surface area contributed by atoms with Crippen LogP contribution in [0.4, 0.5) is 0 Å². The van der Waals surface area contributed by atoms with Crippen LogP contribution in [0.15, 0.2) is 0 Å². The average Bonchev–Trinajstić information content (AvgIpc) is 2.92. The number of nitrogens with zero attached hydrogens (tertiary/aromatic N) is 1. The van der Waals surface area contributed by atoms with Crippen LogP contribution in [-0.4, -0.2) is 17.4 Å². The summed E-state index contributed by atoms with van der Waals surface area (Å²) < 4.78 is 0. The van der Waals surface area contributed by atoms with Crippen LogP contribution in [0.2, 0.25) is 0 Å². The molecule has 0 unspecified atom stereocenters. The maximum absolute atomic E-state index is 12.1. The molecule has 1 aromatic heterocycles. The molecule has 2 atom stereocenters. The van der Waals surface area contributed by atoms with E-state index in [-0.39, 0.29) is 11.8 Å². The van der Waals surface area contributed by atoms with Gasteiger partial charge in [0, 0.05) is 10.8 Å². The highest BCUT2D eigenvalue weighted by Gasteiger charge is 2.31. The van der Waals surface area contributed by atoms with Crippen LogP contribution in [0, 0.1) is 25.7 Å². The molecule has 3 N–H and O–H groups in total. The van der Waals surface area contributed by atoms with Crippen molar-refractivity contribution in [2.75, 3.05) is 6.54 Å². The molecule has 0 aromatic carbocycles. The molecule has 2 rings (SSSR count). The number of carbonyl (C=O) groups is 1. The lowest BCUT2D eigenvalue weighted by atomic mass is 9.95. The van der Waals surface area contributed by atoms with Crippen molar-refractivity contribution in [2.45, 2.75) is 39.7 Å². The van der Waals surface area contributed by atoms with E-state index >= 15 is 0 Å². The Morgan fingerprint density at radius 3 is 2.89 bits per heavy atom. The van der Waals surface area contributed by atoms with Gasteiger partial charge < -0.3 is 11.1 Å². The number of amides is 1. The number of rotatable bonds is 4. The number of carbonyl (C=O) groups excluding carboxylic acids is 1. The first kappa shape index (κ1) is 13.5. The smallest absolute Gasteiger partial charge is 0.223 e. The third kappa shape index (κ3) is 2.90. The molecule has 1 saturated carbocycles. The quantitative estimate of drug-likeness (QED) is 0.873. The third-order valence-electron chi connectivity index (χ3n) is 3.72. The van der Waals surface area contributed by atoms with Crippen LogP contribution in [-0.2, 0) is 11.3 Å². The zero-order chi connectivity index (χ0) is 13.1. The van der Waals surface area contributed by atoms with Gasteiger partial charge in [-0.25, -0.2) is 4.98 Å². The number of aryl methyl sites for hydroxylation is 2. The molecule has 18 heavy (non-hydrogen) atoms. The summed E-state index contributed by atoms with van der Waals surface area (Å²) in [5.74, 6) is 0.645. The van der Waals surface area contributed by atoms with Gasteiger partial charge in [0.1, 0.15) is 0 Å². The molecular formula is C13H21N3OS. The summed E-state index contributed by atoms with van der Waals surface area (Å²) in [6, 6.07) is 0. The molecule has 1 amide bonds. The average molecular weight is 267 g/mol. The summed E-state index contributed by atoms with van der Waals surface area (Å²) in [4.78, 5) is 17.6. The van der Waals surface area contributed by atoms with Crippen molar-refractivity contribution in [1.82, 2.24) is 10.3 Å². The highest BCUT2D eigenvalue weighted by atomic mass is 32.1. The Morgan fingerprint density at radius 1 is 1.50 bits per heavy atom. The minimum absolute atomic E-state index is 0.115. The number of nitrogens with two attached hydrogens (primary N) is 1. The molecule has 0 spiro atoms. The fraction of sp³-hybridized carbons (Fsp3) is 0.692. The summed E-state index contributed by atoms with van der Waals surface area (Å²) in [6.07, 6.45) is 3.19. The van der Waals surface area contributed by atoms with Crippen molar-refractivity contribution in [3.63, 3.8) is 0 Å². The van der Waals surface area contributed by atoms with Crippen LogP contribution in [0.3, 0.4) is 0 Å². The van der Waals surface area contributed by atoms with Crippen molar-refractivity contribution in [1.29, 1.82) is 0 Å². The number of aromatic nitrogens is 1. The topological polar surface area (TPSA) is 68.0 Å². The lowest BCUT2D eigenvalue weighted by Crippen LogP contribution is -2.34. The Kier molecular flexibility index (Phi) is 4.35. The first-order valence-corrected chi connectivity index (χ1v) is 7.34. The van der Waals surface area contributed by atoms with Crippen molar-refractivity contribution >= 4 is 17.2 Å². The predicted octanol–water partition coefficient (Wildman–Crippen LogP) is 1.75. The fourth-order valence-corrected chi connectivity index (χ4v) is 3.58. The molecule has 0 radical (unpaired) electrons. The molecule has 100 valence electrons. The van der Waals surface area contributed by atoms with Gasteiger partial charge in [-0.15, -0.1) is 11.3 Å². The fourth-order valence-electron chi connectivity index (χ4n) is 2.70. The summed E-state index contributed by atoms with van der Waals surface area (Å²) >= 11 is 1.65. The van der Waals surface area contributed by atoms with E-state index in [0.29, 0.717) is 19.0 Å². The first-order chi connectivity index (χ1) is 8.61. The second-order valence-electron chi connectivity index (χ2n) is 4.99. The molecule has 1 fully saturated rings. The maximum Gasteiger partial charge on any atom is 0.223 e. The van der Waals surface area contributed by atoms with E-state index in [1.807, 2.05) is 13.8 Å². The molecule has 1 aliphatic rings. The Labute approximate surface area is 112 Å². The van der Waals surface area contributed by atoms with Gasteiger partial charge in [-0.2, -0.15) is 0 Å².